The van der Waals surface area contributed by atoms with Gasteiger partial charge in [-0.15, -0.1) is 0 Å². The first-order chi connectivity index (χ1) is 13.9. The first kappa shape index (κ1) is 21.0. The molecule has 0 radical (unpaired) electrons. The monoisotopic (exact) mass is 417 g/mol. The molecule has 1 heterocycles. The van der Waals surface area contributed by atoms with Gasteiger partial charge in [0, 0.05) is 11.1 Å². The molecule has 0 aliphatic carbocycles. The summed E-state index contributed by atoms with van der Waals surface area (Å²) in [6.07, 6.45) is -4.53. The van der Waals surface area contributed by atoms with Crippen molar-refractivity contribution in [3.8, 4) is 22.6 Å². The number of aromatic hydroxyl groups is 1. The number of carbonyl (C=O) groups is 1. The van der Waals surface area contributed by atoms with Crippen molar-refractivity contribution in [2.75, 3.05) is 5.73 Å². The standard InChI is InChI=1S/C21H18F3N3O3/c1-10-3-8-16(28)11(2)17(10)27-18(25)15(19(26)29)9-14(20(27)30)12-4-6-13(7-5-12)21(22,23)24/h3-9,28H,25H2,1-2H3,(H2,26,29). The van der Waals surface area contributed by atoms with Crippen molar-refractivity contribution in [3.05, 3.63) is 75.1 Å². The number of rotatable bonds is 3. The van der Waals surface area contributed by atoms with Gasteiger partial charge < -0.3 is 16.6 Å². The van der Waals surface area contributed by atoms with Crippen LogP contribution in [0.25, 0.3) is 16.8 Å². The first-order valence-corrected chi connectivity index (χ1v) is 8.76. The van der Waals surface area contributed by atoms with E-state index in [4.69, 9.17) is 11.5 Å². The lowest BCUT2D eigenvalue weighted by molar-refractivity contribution is -0.137. The highest BCUT2D eigenvalue weighted by Gasteiger charge is 2.30. The fourth-order valence-electron chi connectivity index (χ4n) is 3.26. The molecule has 0 bridgehead atoms. The number of alkyl halides is 3. The number of hydrogen-bond donors (Lipinski definition) is 3. The van der Waals surface area contributed by atoms with Crippen molar-refractivity contribution in [1.82, 2.24) is 4.57 Å². The Morgan fingerprint density at radius 3 is 2.20 bits per heavy atom. The highest BCUT2D eigenvalue weighted by molar-refractivity contribution is 5.98. The summed E-state index contributed by atoms with van der Waals surface area (Å²) in [5.74, 6) is -1.24. The molecule has 9 heteroatoms. The first-order valence-electron chi connectivity index (χ1n) is 8.76. The van der Waals surface area contributed by atoms with E-state index in [-0.39, 0.29) is 33.9 Å². The summed E-state index contributed by atoms with van der Waals surface area (Å²) in [4.78, 5) is 25.2. The maximum atomic E-state index is 13.3. The summed E-state index contributed by atoms with van der Waals surface area (Å²) in [5, 5.41) is 10.1. The van der Waals surface area contributed by atoms with Crippen LogP contribution in [0.15, 0.2) is 47.3 Å². The molecular formula is C21H18F3N3O3. The smallest absolute Gasteiger partial charge is 0.416 e. The number of pyridine rings is 1. The number of nitrogen functional groups attached to an aromatic ring is 1. The van der Waals surface area contributed by atoms with Gasteiger partial charge in [0.05, 0.1) is 16.8 Å². The minimum absolute atomic E-state index is 0.0612. The van der Waals surface area contributed by atoms with Gasteiger partial charge in [-0.2, -0.15) is 13.2 Å². The minimum Gasteiger partial charge on any atom is -0.508 e. The van der Waals surface area contributed by atoms with E-state index in [9.17, 15) is 27.9 Å². The van der Waals surface area contributed by atoms with Crippen molar-refractivity contribution >= 4 is 11.7 Å². The van der Waals surface area contributed by atoms with Crippen LogP contribution in [-0.2, 0) is 6.18 Å². The normalized spacial score (nSPS) is 11.5. The van der Waals surface area contributed by atoms with Gasteiger partial charge in [-0.3, -0.25) is 14.2 Å². The summed E-state index contributed by atoms with van der Waals surface area (Å²) >= 11 is 0. The van der Waals surface area contributed by atoms with Crippen LogP contribution in [0.3, 0.4) is 0 Å². The molecule has 0 spiro atoms. The number of hydrogen-bond acceptors (Lipinski definition) is 4. The number of benzene rings is 2. The van der Waals surface area contributed by atoms with E-state index < -0.39 is 23.2 Å². The fraction of sp³-hybridized carbons (Fsp3) is 0.143. The molecule has 3 rings (SSSR count). The zero-order valence-electron chi connectivity index (χ0n) is 16.0. The Morgan fingerprint density at radius 2 is 1.67 bits per heavy atom. The topological polar surface area (TPSA) is 111 Å². The van der Waals surface area contributed by atoms with E-state index in [1.54, 1.807) is 19.9 Å². The molecule has 2 aromatic carbocycles. The number of carbonyl (C=O) groups excluding carboxylic acids is 1. The quantitative estimate of drug-likeness (QED) is 0.605. The van der Waals surface area contributed by atoms with Gasteiger partial charge >= 0.3 is 6.18 Å². The van der Waals surface area contributed by atoms with Gasteiger partial charge in [0.2, 0.25) is 0 Å². The minimum atomic E-state index is -4.53. The lowest BCUT2D eigenvalue weighted by Gasteiger charge is -2.19. The number of phenols is 1. The molecule has 0 fully saturated rings. The van der Waals surface area contributed by atoms with E-state index in [1.165, 1.54) is 6.07 Å². The van der Waals surface area contributed by atoms with Gasteiger partial charge in [0.15, 0.2) is 0 Å². The van der Waals surface area contributed by atoms with Gasteiger partial charge in [0.1, 0.15) is 11.6 Å². The van der Waals surface area contributed by atoms with E-state index in [0.29, 0.717) is 11.1 Å². The van der Waals surface area contributed by atoms with Crippen LogP contribution in [0.2, 0.25) is 0 Å². The number of halogens is 3. The highest BCUT2D eigenvalue weighted by atomic mass is 19.4. The molecule has 156 valence electrons. The van der Waals surface area contributed by atoms with Crippen molar-refractivity contribution in [1.29, 1.82) is 0 Å². The van der Waals surface area contributed by atoms with Crippen molar-refractivity contribution in [2.45, 2.75) is 20.0 Å². The lowest BCUT2D eigenvalue weighted by atomic mass is 10.0. The number of phenolic OH excluding ortho intramolecular Hbond substituents is 1. The molecule has 1 amide bonds. The molecule has 0 saturated carbocycles. The summed E-state index contributed by atoms with van der Waals surface area (Å²) in [7, 11) is 0. The van der Waals surface area contributed by atoms with Crippen molar-refractivity contribution < 1.29 is 23.1 Å². The summed E-state index contributed by atoms with van der Waals surface area (Å²) in [6, 6.07) is 8.11. The highest BCUT2D eigenvalue weighted by Crippen LogP contribution is 2.32. The largest absolute Gasteiger partial charge is 0.508 e. The van der Waals surface area contributed by atoms with Crippen LogP contribution >= 0.6 is 0 Å². The molecular weight excluding hydrogens is 399 g/mol. The number of nitrogens with two attached hydrogens (primary N) is 2. The van der Waals surface area contributed by atoms with Crippen LogP contribution in [0.1, 0.15) is 27.0 Å². The zero-order chi connectivity index (χ0) is 22.4. The molecule has 0 saturated heterocycles. The van der Waals surface area contributed by atoms with Crippen LogP contribution in [0.5, 0.6) is 5.75 Å². The maximum absolute atomic E-state index is 13.3. The number of anilines is 1. The van der Waals surface area contributed by atoms with Crippen LogP contribution in [-0.4, -0.2) is 15.6 Å². The molecule has 0 aliphatic rings. The van der Waals surface area contributed by atoms with Crippen LogP contribution in [0.4, 0.5) is 19.0 Å². The Labute approximate surface area is 169 Å². The summed E-state index contributed by atoms with van der Waals surface area (Å²) in [6.45, 7) is 3.25. The Balaban J connectivity index is 2.37. The van der Waals surface area contributed by atoms with Crippen molar-refractivity contribution in [3.63, 3.8) is 0 Å². The van der Waals surface area contributed by atoms with E-state index >= 15 is 0 Å². The Kier molecular flexibility index (Phi) is 5.07. The predicted octanol–water partition coefficient (Wildman–Crippen LogP) is 3.53. The lowest BCUT2D eigenvalue weighted by Crippen LogP contribution is -2.28. The number of nitrogens with zero attached hydrogens (tertiary/aromatic N) is 1. The van der Waals surface area contributed by atoms with Gasteiger partial charge in [-0.25, -0.2) is 0 Å². The Morgan fingerprint density at radius 1 is 1.07 bits per heavy atom. The van der Waals surface area contributed by atoms with Crippen LogP contribution in [0, 0.1) is 13.8 Å². The SMILES string of the molecule is Cc1ccc(O)c(C)c1-n1c(N)c(C(N)=O)cc(-c2ccc(C(F)(F)F)cc2)c1=O. The third-order valence-corrected chi connectivity index (χ3v) is 4.86. The summed E-state index contributed by atoms with van der Waals surface area (Å²) in [5.41, 5.74) is 11.0. The maximum Gasteiger partial charge on any atom is 0.416 e. The molecule has 3 aromatic rings. The second kappa shape index (κ2) is 7.25. The van der Waals surface area contributed by atoms with Gasteiger partial charge in [0.25, 0.3) is 11.5 Å². The Hall–Kier alpha value is -3.75. The third-order valence-electron chi connectivity index (χ3n) is 4.86. The summed E-state index contributed by atoms with van der Waals surface area (Å²) < 4.78 is 39.6. The fourth-order valence-corrected chi connectivity index (χ4v) is 3.26. The van der Waals surface area contributed by atoms with E-state index in [2.05, 4.69) is 0 Å². The zero-order valence-corrected chi connectivity index (χ0v) is 16.0. The van der Waals surface area contributed by atoms with Crippen molar-refractivity contribution in [2.24, 2.45) is 5.73 Å². The number of primary amides is 1. The van der Waals surface area contributed by atoms with Crippen LogP contribution < -0.4 is 17.0 Å². The number of aryl methyl sites for hydroxylation is 1. The third kappa shape index (κ3) is 3.49. The molecule has 6 nitrogen and oxygen atoms in total. The van der Waals surface area contributed by atoms with E-state index in [0.717, 1.165) is 34.9 Å². The second-order valence-corrected chi connectivity index (χ2v) is 6.81. The van der Waals surface area contributed by atoms with E-state index in [1.807, 2.05) is 0 Å². The average molecular weight is 417 g/mol. The predicted molar refractivity (Wildman–Crippen MR) is 107 cm³/mol. The molecule has 0 unspecified atom stereocenters. The van der Waals surface area contributed by atoms with Gasteiger partial charge in [-0.05, 0) is 49.2 Å². The number of aromatic nitrogens is 1. The average Bonchev–Trinajstić information content (AvgIpc) is 2.66. The number of amides is 1. The molecule has 1 aromatic heterocycles. The second-order valence-electron chi connectivity index (χ2n) is 6.81. The Bertz CT molecular complexity index is 1210. The molecule has 0 atom stereocenters. The molecule has 0 aliphatic heterocycles. The molecule has 5 N–H and O–H groups in total. The molecule has 30 heavy (non-hydrogen) atoms. The van der Waals surface area contributed by atoms with Gasteiger partial charge in [-0.1, -0.05) is 18.2 Å².